The molecule has 6 nitrogen and oxygen atoms in total. The summed E-state index contributed by atoms with van der Waals surface area (Å²) in [6, 6.07) is 14.4. The number of carboxylic acid groups (broad SMARTS) is 1. The van der Waals surface area contributed by atoms with Crippen LogP contribution in [0.3, 0.4) is 0 Å². The number of amides is 1. The number of carboxylic acids is 1. The average molecular weight is 555 g/mol. The topological polar surface area (TPSA) is 76.1 Å². The zero-order valence-electron chi connectivity index (χ0n) is 20.9. The second-order valence-corrected chi connectivity index (χ2v) is 9.45. The van der Waals surface area contributed by atoms with Gasteiger partial charge in [0.15, 0.2) is 5.75 Å². The number of halogens is 6. The molecule has 3 rings (SSSR count). The summed E-state index contributed by atoms with van der Waals surface area (Å²) in [6.45, 7) is 5.54. The highest BCUT2D eigenvalue weighted by Crippen LogP contribution is 2.38. The molecule has 0 fully saturated rings. The minimum absolute atomic E-state index is 0.0915. The van der Waals surface area contributed by atoms with E-state index >= 15 is 0 Å². The van der Waals surface area contributed by atoms with Crippen molar-refractivity contribution in [1.29, 1.82) is 0 Å². The van der Waals surface area contributed by atoms with E-state index in [9.17, 15) is 41.0 Å². The van der Waals surface area contributed by atoms with Crippen molar-refractivity contribution in [2.45, 2.75) is 45.5 Å². The molecule has 1 amide bonds. The first-order chi connectivity index (χ1) is 17.9. The maximum Gasteiger partial charge on any atom is 0.573 e. The van der Waals surface area contributed by atoms with E-state index in [4.69, 9.17) is 0 Å². The fourth-order valence-electron chi connectivity index (χ4n) is 3.65. The van der Waals surface area contributed by atoms with Crippen LogP contribution < -0.4 is 14.4 Å². The molecule has 0 spiro atoms. The van der Waals surface area contributed by atoms with E-state index in [1.54, 1.807) is 24.3 Å². The molecule has 0 radical (unpaired) electrons. The first-order valence-electron chi connectivity index (χ1n) is 11.3. The van der Waals surface area contributed by atoms with Gasteiger partial charge in [-0.25, -0.2) is 4.79 Å². The first-order valence-corrected chi connectivity index (χ1v) is 11.3. The number of carbonyl (C=O) groups excluding carboxylic acids is 1. The third kappa shape index (κ3) is 8.13. The minimum atomic E-state index is -5.20. The second-order valence-electron chi connectivity index (χ2n) is 9.45. The summed E-state index contributed by atoms with van der Waals surface area (Å²) >= 11 is 0. The highest BCUT2D eigenvalue weighted by Gasteiger charge is 2.35. The largest absolute Gasteiger partial charge is 0.573 e. The molecule has 0 bridgehead atoms. The lowest BCUT2D eigenvalue weighted by Gasteiger charge is -2.25. The zero-order chi connectivity index (χ0) is 29.2. The molecule has 0 aliphatic carbocycles. The van der Waals surface area contributed by atoms with Crippen LogP contribution in [0.5, 0.6) is 11.5 Å². The molecule has 0 aliphatic heterocycles. The predicted octanol–water partition coefficient (Wildman–Crippen LogP) is 7.07. The van der Waals surface area contributed by atoms with Gasteiger partial charge in [-0.2, -0.15) is 0 Å². The molecule has 0 aliphatic rings. The van der Waals surface area contributed by atoms with Crippen LogP contribution in [0, 0.1) is 0 Å². The molecule has 0 atom stereocenters. The Morgan fingerprint density at radius 3 is 1.79 bits per heavy atom. The molecule has 12 heteroatoms. The van der Waals surface area contributed by atoms with Crippen molar-refractivity contribution in [2.75, 3.05) is 4.90 Å². The molecule has 0 unspecified atom stereocenters. The summed E-state index contributed by atoms with van der Waals surface area (Å²) in [5, 5.41) is 9.36. The van der Waals surface area contributed by atoms with E-state index < -0.39 is 41.8 Å². The standard InChI is InChI=1S/C27H23F6NO5/c1-25(2,3)19-9-4-16(5-10-19)15-34(23(35)24(36)37)21-13-8-18(14-22(21)39-27(31,32)33)17-6-11-20(12-7-17)38-26(28,29)30/h4-14H,15H2,1-3H3,(H,36,37). The van der Waals surface area contributed by atoms with Crippen molar-refractivity contribution in [2.24, 2.45) is 0 Å². The number of aliphatic carboxylic acids is 1. The van der Waals surface area contributed by atoms with Crippen LogP contribution in [0.1, 0.15) is 31.9 Å². The van der Waals surface area contributed by atoms with Crippen LogP contribution in [0.25, 0.3) is 11.1 Å². The number of ether oxygens (including phenoxy) is 2. The maximum atomic E-state index is 13.3. The Labute approximate surface area is 219 Å². The second kappa shape index (κ2) is 10.9. The van der Waals surface area contributed by atoms with Gasteiger partial charge in [0, 0.05) is 0 Å². The van der Waals surface area contributed by atoms with Gasteiger partial charge in [-0.05, 0) is 51.9 Å². The van der Waals surface area contributed by atoms with Crippen molar-refractivity contribution < 1.29 is 50.5 Å². The number of rotatable bonds is 6. The highest BCUT2D eigenvalue weighted by molar-refractivity contribution is 6.37. The van der Waals surface area contributed by atoms with E-state index in [1.165, 1.54) is 18.2 Å². The van der Waals surface area contributed by atoms with E-state index in [-0.39, 0.29) is 23.1 Å². The van der Waals surface area contributed by atoms with Gasteiger partial charge >= 0.3 is 24.6 Å². The van der Waals surface area contributed by atoms with E-state index in [2.05, 4.69) is 9.47 Å². The van der Waals surface area contributed by atoms with Crippen molar-refractivity contribution >= 4 is 17.6 Å². The van der Waals surface area contributed by atoms with Gasteiger partial charge < -0.3 is 14.6 Å². The van der Waals surface area contributed by atoms with Crippen molar-refractivity contribution in [3.05, 3.63) is 77.9 Å². The molecular weight excluding hydrogens is 532 g/mol. The number of hydrogen-bond acceptors (Lipinski definition) is 4. The fourth-order valence-corrected chi connectivity index (χ4v) is 3.65. The Morgan fingerprint density at radius 1 is 0.769 bits per heavy atom. The van der Waals surface area contributed by atoms with Crippen molar-refractivity contribution in [3.63, 3.8) is 0 Å². The maximum absolute atomic E-state index is 13.3. The number of nitrogens with zero attached hydrogens (tertiary/aromatic N) is 1. The molecule has 0 aromatic heterocycles. The van der Waals surface area contributed by atoms with E-state index in [0.29, 0.717) is 10.5 Å². The monoisotopic (exact) mass is 555 g/mol. The van der Waals surface area contributed by atoms with Crippen LogP contribution in [-0.4, -0.2) is 29.7 Å². The fraction of sp³-hybridized carbons (Fsp3) is 0.259. The predicted molar refractivity (Wildman–Crippen MR) is 129 cm³/mol. The molecule has 208 valence electrons. The lowest BCUT2D eigenvalue weighted by atomic mass is 9.87. The summed E-state index contributed by atoms with van der Waals surface area (Å²) in [6.07, 6.45) is -10.1. The number of hydrogen-bond donors (Lipinski definition) is 1. The average Bonchev–Trinajstić information content (AvgIpc) is 2.80. The third-order valence-electron chi connectivity index (χ3n) is 5.49. The van der Waals surface area contributed by atoms with Crippen LogP contribution in [0.15, 0.2) is 66.7 Å². The molecule has 3 aromatic carbocycles. The van der Waals surface area contributed by atoms with Gasteiger partial charge in [-0.1, -0.05) is 63.2 Å². The first kappa shape index (κ1) is 29.3. The Balaban J connectivity index is 2.04. The van der Waals surface area contributed by atoms with E-state index in [0.717, 1.165) is 29.8 Å². The van der Waals surface area contributed by atoms with Gasteiger partial charge in [0.1, 0.15) is 5.75 Å². The van der Waals surface area contributed by atoms with Gasteiger partial charge in [0.25, 0.3) is 0 Å². The quantitative estimate of drug-likeness (QED) is 0.260. The SMILES string of the molecule is CC(C)(C)c1ccc(CN(C(=O)C(=O)O)c2ccc(-c3ccc(OC(F)(F)F)cc3)cc2OC(F)(F)F)cc1. The molecule has 1 N–H and O–H groups in total. The Kier molecular flexibility index (Phi) is 8.18. The summed E-state index contributed by atoms with van der Waals surface area (Å²) in [5.74, 6) is -4.81. The summed E-state index contributed by atoms with van der Waals surface area (Å²) in [4.78, 5) is 24.8. The number of anilines is 1. The van der Waals surface area contributed by atoms with Crippen molar-refractivity contribution in [3.8, 4) is 22.6 Å². The number of carbonyl (C=O) groups is 2. The van der Waals surface area contributed by atoms with Gasteiger partial charge in [-0.15, -0.1) is 26.3 Å². The molecule has 0 saturated carbocycles. The Bertz CT molecular complexity index is 1330. The molecule has 3 aromatic rings. The Hall–Kier alpha value is -4.22. The smallest absolute Gasteiger partial charge is 0.474 e. The van der Waals surface area contributed by atoms with E-state index in [1.807, 2.05) is 20.8 Å². The lowest BCUT2D eigenvalue weighted by molar-refractivity contribution is -0.275. The van der Waals surface area contributed by atoms with Crippen LogP contribution in [0.2, 0.25) is 0 Å². The highest BCUT2D eigenvalue weighted by atomic mass is 19.4. The molecule has 0 heterocycles. The number of alkyl halides is 6. The summed E-state index contributed by atoms with van der Waals surface area (Å²) in [5.41, 5.74) is 1.01. The van der Waals surface area contributed by atoms with Crippen LogP contribution in [0.4, 0.5) is 32.0 Å². The summed E-state index contributed by atoms with van der Waals surface area (Å²) < 4.78 is 85.1. The van der Waals surface area contributed by atoms with Crippen LogP contribution >= 0.6 is 0 Å². The molecule has 39 heavy (non-hydrogen) atoms. The van der Waals surface area contributed by atoms with Crippen LogP contribution in [-0.2, 0) is 21.5 Å². The molecular formula is C27H23F6NO5. The number of benzene rings is 3. The lowest BCUT2D eigenvalue weighted by Crippen LogP contribution is -2.36. The third-order valence-corrected chi connectivity index (χ3v) is 5.49. The Morgan fingerprint density at radius 2 is 1.31 bits per heavy atom. The van der Waals surface area contributed by atoms with Crippen molar-refractivity contribution in [1.82, 2.24) is 0 Å². The van der Waals surface area contributed by atoms with Gasteiger partial charge in [-0.3, -0.25) is 9.69 Å². The molecule has 0 saturated heterocycles. The summed E-state index contributed by atoms with van der Waals surface area (Å²) in [7, 11) is 0. The van der Waals surface area contributed by atoms with Gasteiger partial charge in [0.2, 0.25) is 0 Å². The van der Waals surface area contributed by atoms with Gasteiger partial charge in [0.05, 0.1) is 12.2 Å². The normalized spacial score (nSPS) is 12.1. The zero-order valence-corrected chi connectivity index (χ0v) is 20.9. The minimum Gasteiger partial charge on any atom is -0.474 e.